The predicted octanol–water partition coefficient (Wildman–Crippen LogP) is 1.55. The minimum Gasteiger partial charge on any atom is -0.459 e. The van der Waals surface area contributed by atoms with Gasteiger partial charge in [-0.05, 0) is 118 Å². The third-order valence-electron chi connectivity index (χ3n) is 18.8. The minimum atomic E-state index is -1.88. The largest absolute Gasteiger partial charge is 0.459 e. The highest BCUT2D eigenvalue weighted by molar-refractivity contribution is 5.80. The number of carbonyl (C=O) groups is 2. The molecule has 387 valence electrons. The molecule has 0 amide bonds. The maximum Gasteiger partial charge on any atom is 0.315 e. The van der Waals surface area contributed by atoms with Gasteiger partial charge in [-0.25, -0.2) is 0 Å². The summed E-state index contributed by atoms with van der Waals surface area (Å²) >= 11 is 0. The monoisotopic (exact) mass is 968 g/mol. The molecule has 1 radical (unpaired) electrons. The topological polar surface area (TPSA) is 281 Å². The molecule has 3 aliphatic heterocycles. The highest BCUT2D eigenvalue weighted by atomic mass is 16.8. The second kappa shape index (κ2) is 18.3. The molecule has 8 aliphatic rings. The lowest BCUT2D eigenvalue weighted by atomic mass is 9.33. The first-order chi connectivity index (χ1) is 31.6. The van der Waals surface area contributed by atoms with E-state index in [9.17, 15) is 55.5 Å². The Balaban J connectivity index is 1.09. The summed E-state index contributed by atoms with van der Waals surface area (Å²) in [5, 5.41) is 97.4. The molecule has 0 aromatic rings. The Morgan fingerprint density at radius 2 is 1.46 bits per heavy atom. The number of ether oxygens (including phenoxy) is 7. The fraction of sp³-hybridized carbons (Fsp3) is 0.900. The molecule has 0 aromatic carbocycles. The van der Waals surface area contributed by atoms with Crippen LogP contribution < -0.4 is 0 Å². The van der Waals surface area contributed by atoms with Crippen molar-refractivity contribution in [3.8, 4) is 0 Å². The smallest absolute Gasteiger partial charge is 0.315 e. The number of aliphatic hydroxyl groups is 9. The van der Waals surface area contributed by atoms with E-state index in [1.165, 1.54) is 5.57 Å². The van der Waals surface area contributed by atoms with Crippen LogP contribution in [0.1, 0.15) is 120 Å². The van der Waals surface area contributed by atoms with Gasteiger partial charge in [-0.1, -0.05) is 53.2 Å². The molecule has 18 heteroatoms. The molecule has 5 aliphatic carbocycles. The van der Waals surface area contributed by atoms with Crippen molar-refractivity contribution >= 4 is 12.3 Å². The molecular weight excluding hydrogens is 889 g/mol. The zero-order valence-electron chi connectivity index (χ0n) is 41.1. The van der Waals surface area contributed by atoms with Crippen LogP contribution in [0.25, 0.3) is 0 Å². The number of aldehydes is 1. The fourth-order valence-electron chi connectivity index (χ4n) is 14.8. The van der Waals surface area contributed by atoms with Gasteiger partial charge in [0.2, 0.25) is 0 Å². The molecule has 68 heavy (non-hydrogen) atoms. The number of esters is 1. The molecular formula is C50H79O18. The molecule has 0 bridgehead atoms. The van der Waals surface area contributed by atoms with Crippen LogP contribution in [0.2, 0.25) is 0 Å². The van der Waals surface area contributed by atoms with Crippen molar-refractivity contribution in [2.45, 2.75) is 218 Å². The van der Waals surface area contributed by atoms with E-state index >= 15 is 0 Å². The van der Waals surface area contributed by atoms with Gasteiger partial charge >= 0.3 is 5.97 Å². The maximum atomic E-state index is 14.4. The normalized spacial score (nSPS) is 52.6. The Labute approximate surface area is 399 Å². The Bertz CT molecular complexity index is 1890. The lowest BCUT2D eigenvalue weighted by molar-refractivity contribution is -0.377. The SMILES string of the molecule is CC1(C)CC[C@]2(C(=O)OC(C)(C)C)C(O)C[C@]3(C)C(=CCC4C5(C)CC[C@H](O[C@@H]6O[CH][C@H](O)[C@H](O[C@@H]7OC[C@H](O)[C@H](O)C7O)C6O[C@@H]6OC(CO)[C@H](O)[C@H](O)C6O)[C@](C)(C=O)[C@@H]5CC[C@@]43C)C2C1. The third kappa shape index (κ3) is 8.38. The first kappa shape index (κ1) is 52.6. The van der Waals surface area contributed by atoms with Crippen LogP contribution in [-0.2, 0) is 42.7 Å². The number of rotatable bonds is 9. The van der Waals surface area contributed by atoms with Crippen molar-refractivity contribution in [2.24, 2.45) is 50.2 Å². The molecule has 0 aromatic heterocycles. The van der Waals surface area contributed by atoms with Gasteiger partial charge in [-0.3, -0.25) is 4.79 Å². The molecule has 7 fully saturated rings. The second-order valence-electron chi connectivity index (χ2n) is 24.4. The number of hydrogen-bond donors (Lipinski definition) is 9. The highest BCUT2D eigenvalue weighted by Crippen LogP contribution is 2.76. The Morgan fingerprint density at radius 3 is 2.12 bits per heavy atom. The van der Waals surface area contributed by atoms with E-state index in [0.29, 0.717) is 32.1 Å². The zero-order valence-corrected chi connectivity index (χ0v) is 41.1. The Hall–Kier alpha value is -1.72. The summed E-state index contributed by atoms with van der Waals surface area (Å²) in [5.74, 6) is -0.662. The summed E-state index contributed by atoms with van der Waals surface area (Å²) in [5.41, 5.74) is -2.93. The van der Waals surface area contributed by atoms with Gasteiger partial charge in [0, 0.05) is 0 Å². The van der Waals surface area contributed by atoms with E-state index < -0.39 is 133 Å². The lowest BCUT2D eigenvalue weighted by Gasteiger charge is -2.71. The van der Waals surface area contributed by atoms with Crippen LogP contribution in [-0.4, -0.2) is 169 Å². The molecule has 8 unspecified atom stereocenters. The fourth-order valence-corrected chi connectivity index (χ4v) is 14.8. The van der Waals surface area contributed by atoms with Crippen LogP contribution in [0, 0.1) is 56.9 Å². The van der Waals surface area contributed by atoms with Gasteiger partial charge in [0.25, 0.3) is 0 Å². The van der Waals surface area contributed by atoms with Crippen LogP contribution in [0.3, 0.4) is 0 Å². The zero-order chi connectivity index (χ0) is 49.9. The summed E-state index contributed by atoms with van der Waals surface area (Å²) in [6, 6.07) is 0. The van der Waals surface area contributed by atoms with Crippen LogP contribution in [0.15, 0.2) is 11.6 Å². The Morgan fingerprint density at radius 1 is 0.779 bits per heavy atom. The molecule has 3 saturated heterocycles. The van der Waals surface area contributed by atoms with Gasteiger partial charge in [0.05, 0.1) is 30.8 Å². The third-order valence-corrected chi connectivity index (χ3v) is 18.8. The van der Waals surface area contributed by atoms with Crippen molar-refractivity contribution < 1.29 is 88.7 Å². The minimum absolute atomic E-state index is 0.0551. The van der Waals surface area contributed by atoms with Gasteiger partial charge < -0.3 is 83.9 Å². The molecule has 0 spiro atoms. The van der Waals surface area contributed by atoms with Crippen molar-refractivity contribution in [1.29, 1.82) is 0 Å². The number of allylic oxidation sites excluding steroid dienone is 2. The van der Waals surface area contributed by atoms with E-state index in [4.69, 9.17) is 33.2 Å². The summed E-state index contributed by atoms with van der Waals surface area (Å²) in [7, 11) is 0. The molecule has 9 N–H and O–H groups in total. The second-order valence-corrected chi connectivity index (χ2v) is 24.4. The molecule has 8 rings (SSSR count). The van der Waals surface area contributed by atoms with Crippen molar-refractivity contribution in [3.05, 3.63) is 18.3 Å². The van der Waals surface area contributed by atoms with E-state index in [-0.39, 0.29) is 34.6 Å². The van der Waals surface area contributed by atoms with Gasteiger partial charge in [-0.2, -0.15) is 0 Å². The van der Waals surface area contributed by atoms with Crippen molar-refractivity contribution in [1.82, 2.24) is 0 Å². The van der Waals surface area contributed by atoms with Gasteiger partial charge in [-0.15, -0.1) is 0 Å². The summed E-state index contributed by atoms with van der Waals surface area (Å²) < 4.78 is 42.4. The van der Waals surface area contributed by atoms with E-state index in [0.717, 1.165) is 38.6 Å². The highest BCUT2D eigenvalue weighted by Gasteiger charge is 2.72. The summed E-state index contributed by atoms with van der Waals surface area (Å²) in [6.07, 6.45) is -14.1. The first-order valence-electron chi connectivity index (χ1n) is 24.8. The molecule has 18 nitrogen and oxygen atoms in total. The maximum absolute atomic E-state index is 14.4. The molecule has 23 atom stereocenters. The van der Waals surface area contributed by atoms with Crippen LogP contribution in [0.4, 0.5) is 0 Å². The average molecular weight is 968 g/mol. The first-order valence-corrected chi connectivity index (χ1v) is 24.8. The number of hydrogen-bond acceptors (Lipinski definition) is 18. The standard InChI is InChI=1S/C50H79O18/c1-44(2,3)68-43(61)50-17-16-45(4,5)18-25(50)24-10-11-30-46(6)14-13-32(47(7,23-52)29(46)12-15-48(30,8)49(24,9)19-31(50)55)65-42-39(67-41-37(60)35(58)34(57)28(20-51)64-41)38(27(54)22-63-42)66-40-36(59)33(56)26(53)21-62-40/h10,22-23,25-42,51,53-60H,11-21H2,1-9H3/t25?,26-,27-,28?,29+,30?,31?,32-,33-,34-,35-,36?,37?,38-,39?,40-,41-,42-,46?,47+,48-,49+,50+/m0/s1. The van der Waals surface area contributed by atoms with E-state index in [1.807, 2.05) is 27.7 Å². The van der Waals surface area contributed by atoms with Crippen molar-refractivity contribution in [3.63, 3.8) is 0 Å². The van der Waals surface area contributed by atoms with Crippen LogP contribution >= 0.6 is 0 Å². The molecule has 3 heterocycles. The number of aliphatic hydroxyl groups excluding tert-OH is 9. The van der Waals surface area contributed by atoms with Gasteiger partial charge in [0.1, 0.15) is 84.9 Å². The van der Waals surface area contributed by atoms with Gasteiger partial charge in [0.15, 0.2) is 18.9 Å². The van der Waals surface area contributed by atoms with E-state index in [2.05, 4.69) is 40.7 Å². The number of carbonyl (C=O) groups excluding carboxylic acids is 2. The van der Waals surface area contributed by atoms with Crippen molar-refractivity contribution in [2.75, 3.05) is 13.2 Å². The quantitative estimate of drug-likeness (QED) is 0.0686. The predicted molar refractivity (Wildman–Crippen MR) is 238 cm³/mol. The Kier molecular flexibility index (Phi) is 14.2. The lowest BCUT2D eigenvalue weighted by Crippen LogP contribution is -2.68. The van der Waals surface area contributed by atoms with Crippen LogP contribution in [0.5, 0.6) is 0 Å². The molecule has 4 saturated carbocycles. The number of fused-ring (bicyclic) bond motifs is 7. The average Bonchev–Trinajstić information content (AvgIpc) is 3.26. The van der Waals surface area contributed by atoms with E-state index in [1.54, 1.807) is 0 Å². The summed E-state index contributed by atoms with van der Waals surface area (Å²) in [6.45, 7) is 18.7. The summed E-state index contributed by atoms with van der Waals surface area (Å²) in [4.78, 5) is 28.3.